The number of likely N-dealkylation sites (tertiary alicyclic amines) is 1. The Balaban J connectivity index is 1.33. The van der Waals surface area contributed by atoms with Crippen LogP contribution in [0.25, 0.3) is 10.1 Å². The summed E-state index contributed by atoms with van der Waals surface area (Å²) in [6, 6.07) is 5.78. The maximum atomic E-state index is 13.4. The molecule has 0 atom stereocenters. The Hall–Kier alpha value is -2.64. The Morgan fingerprint density at radius 1 is 1.14 bits per heavy atom. The number of nitrogens with zero attached hydrogens (tertiary/aromatic N) is 4. The number of non-ortho nitro benzene ring substituents is 1. The number of halogens is 5. The average molecular weight is 601 g/mol. The van der Waals surface area contributed by atoms with Crippen LogP contribution in [0.4, 0.5) is 28.4 Å². The lowest BCUT2D eigenvalue weighted by atomic mass is 9.78. The van der Waals surface area contributed by atoms with E-state index in [0.29, 0.717) is 31.8 Å². The first kappa shape index (κ1) is 26.0. The van der Waals surface area contributed by atoms with Crippen molar-refractivity contribution in [2.75, 3.05) is 31.1 Å². The number of aromatic nitrogens is 1. The van der Waals surface area contributed by atoms with Gasteiger partial charge in [0, 0.05) is 36.7 Å². The fraction of sp³-hybridized carbons (Fsp3) is 0.417. The molecule has 7 nitrogen and oxygen atoms in total. The number of piperidine rings is 1. The van der Waals surface area contributed by atoms with E-state index in [9.17, 15) is 32.5 Å². The normalized spacial score (nSPS) is 18.1. The molecule has 0 radical (unpaired) electrons. The van der Waals surface area contributed by atoms with E-state index in [0.717, 1.165) is 53.7 Å². The van der Waals surface area contributed by atoms with Gasteiger partial charge in [-0.1, -0.05) is 33.3 Å². The molecule has 0 saturated carbocycles. The average Bonchev–Trinajstić information content (AvgIpc) is 3.21. The fourth-order valence-electron chi connectivity index (χ4n) is 5.21. The molecular formula is C24H21BrF4N4O3S. The lowest BCUT2D eigenvalue weighted by Crippen LogP contribution is -2.42. The molecule has 0 bridgehead atoms. The van der Waals surface area contributed by atoms with Crippen LogP contribution in [0.3, 0.4) is 0 Å². The third kappa shape index (κ3) is 5.21. The number of anilines is 1. The van der Waals surface area contributed by atoms with E-state index in [1.807, 2.05) is 4.90 Å². The molecule has 196 valence electrons. The summed E-state index contributed by atoms with van der Waals surface area (Å²) in [7, 11) is 0. The van der Waals surface area contributed by atoms with Crippen molar-refractivity contribution in [2.24, 2.45) is 5.41 Å². The van der Waals surface area contributed by atoms with E-state index in [-0.39, 0.29) is 21.1 Å². The van der Waals surface area contributed by atoms with Gasteiger partial charge < -0.3 is 4.90 Å². The molecule has 5 rings (SSSR count). The molecular weight excluding hydrogens is 580 g/mol. The summed E-state index contributed by atoms with van der Waals surface area (Å²) in [4.78, 5) is 31.5. The summed E-state index contributed by atoms with van der Waals surface area (Å²) in [5, 5.41) is 11.4. The molecule has 1 spiro atoms. The highest BCUT2D eigenvalue weighted by molar-refractivity contribution is 9.10. The van der Waals surface area contributed by atoms with Crippen LogP contribution in [0.15, 0.2) is 39.6 Å². The molecule has 2 saturated heterocycles. The minimum atomic E-state index is -4.82. The number of nitro benzene ring substituents is 1. The maximum absolute atomic E-state index is 13.4. The smallest absolute Gasteiger partial charge is 0.348 e. The van der Waals surface area contributed by atoms with Gasteiger partial charge in [-0.25, -0.2) is 4.39 Å². The molecule has 3 aromatic rings. The van der Waals surface area contributed by atoms with Gasteiger partial charge in [0.05, 0.1) is 15.9 Å². The second kappa shape index (κ2) is 9.59. The first-order valence-electron chi connectivity index (χ1n) is 11.6. The summed E-state index contributed by atoms with van der Waals surface area (Å²) in [5.74, 6) is -0.295. The highest BCUT2D eigenvalue weighted by atomic mass is 79.9. The molecule has 0 unspecified atom stereocenters. The van der Waals surface area contributed by atoms with Crippen LogP contribution >= 0.6 is 27.3 Å². The van der Waals surface area contributed by atoms with Crippen molar-refractivity contribution in [2.45, 2.75) is 32.0 Å². The Kier molecular flexibility index (Phi) is 6.73. The lowest BCUT2D eigenvalue weighted by molar-refractivity contribution is -0.383. The van der Waals surface area contributed by atoms with Gasteiger partial charge in [-0.15, -0.1) is 0 Å². The number of nitro groups is 1. The second-order valence-corrected chi connectivity index (χ2v) is 11.4. The molecule has 37 heavy (non-hydrogen) atoms. The van der Waals surface area contributed by atoms with Gasteiger partial charge in [-0.3, -0.25) is 19.8 Å². The minimum Gasteiger partial charge on any atom is -0.348 e. The quantitative estimate of drug-likeness (QED) is 0.208. The van der Waals surface area contributed by atoms with Crippen LogP contribution in [0.1, 0.15) is 30.4 Å². The van der Waals surface area contributed by atoms with E-state index < -0.39 is 33.3 Å². The zero-order chi connectivity index (χ0) is 26.5. The number of rotatable bonds is 4. The van der Waals surface area contributed by atoms with E-state index in [1.54, 1.807) is 6.07 Å². The highest BCUT2D eigenvalue weighted by Gasteiger charge is 2.41. The van der Waals surface area contributed by atoms with Crippen LogP contribution in [0, 0.1) is 21.3 Å². The monoisotopic (exact) mass is 600 g/mol. The van der Waals surface area contributed by atoms with Gasteiger partial charge in [0.25, 0.3) is 11.2 Å². The summed E-state index contributed by atoms with van der Waals surface area (Å²) in [6.07, 6.45) is -2.18. The highest BCUT2D eigenvalue weighted by Crippen LogP contribution is 2.43. The minimum absolute atomic E-state index is 0.0818. The van der Waals surface area contributed by atoms with E-state index in [4.69, 9.17) is 0 Å². The summed E-state index contributed by atoms with van der Waals surface area (Å²) >= 11 is 4.30. The molecule has 2 aliphatic rings. The topological polar surface area (TPSA) is 79.6 Å². The van der Waals surface area contributed by atoms with Crippen molar-refractivity contribution in [1.29, 1.82) is 0 Å². The van der Waals surface area contributed by atoms with Crippen molar-refractivity contribution in [3.63, 3.8) is 0 Å². The van der Waals surface area contributed by atoms with Gasteiger partial charge in [-0.05, 0) is 55.0 Å². The van der Waals surface area contributed by atoms with Crippen molar-refractivity contribution in [1.82, 2.24) is 9.88 Å². The SMILES string of the molecule is O=c1nc(N2CCC3(CCN(Cc4ccc(F)cc4Br)C3)CC2)sc2c([N+](=O)[O-])cc(C(F)(F)F)cc12. The Bertz CT molecular complexity index is 1440. The lowest BCUT2D eigenvalue weighted by Gasteiger charge is -2.39. The predicted molar refractivity (Wildman–Crippen MR) is 135 cm³/mol. The van der Waals surface area contributed by atoms with Crippen molar-refractivity contribution in [3.8, 4) is 0 Å². The molecule has 0 N–H and O–H groups in total. The molecule has 2 aliphatic heterocycles. The first-order chi connectivity index (χ1) is 17.4. The number of fused-ring (bicyclic) bond motifs is 1. The van der Waals surface area contributed by atoms with Gasteiger partial charge in [0.2, 0.25) is 0 Å². The number of hydrogen-bond acceptors (Lipinski definition) is 7. The Morgan fingerprint density at radius 3 is 2.49 bits per heavy atom. The van der Waals surface area contributed by atoms with E-state index >= 15 is 0 Å². The van der Waals surface area contributed by atoms with E-state index in [2.05, 4.69) is 25.8 Å². The Morgan fingerprint density at radius 2 is 1.84 bits per heavy atom. The van der Waals surface area contributed by atoms with Crippen molar-refractivity contribution in [3.05, 3.63) is 72.2 Å². The van der Waals surface area contributed by atoms with Gasteiger partial charge in [0.15, 0.2) is 5.13 Å². The number of hydrogen-bond donors (Lipinski definition) is 0. The zero-order valence-corrected chi connectivity index (χ0v) is 21.8. The molecule has 0 amide bonds. The van der Waals surface area contributed by atoms with Crippen LogP contribution in [0.5, 0.6) is 0 Å². The number of alkyl halides is 3. The van der Waals surface area contributed by atoms with E-state index in [1.165, 1.54) is 12.1 Å². The fourth-order valence-corrected chi connectivity index (χ4v) is 6.80. The molecule has 13 heteroatoms. The molecule has 2 aromatic carbocycles. The summed E-state index contributed by atoms with van der Waals surface area (Å²) in [6.45, 7) is 3.63. The van der Waals surface area contributed by atoms with Crippen LogP contribution in [-0.2, 0) is 12.7 Å². The standard InChI is InChI=1S/C24H21BrF4N4O3S/c25-18-11-16(26)2-1-14(18)12-31-6-3-23(13-31)4-7-32(8-5-23)22-30-21(34)17-9-15(24(27,28)29)10-19(33(35)36)20(17)37-22/h1-2,9-11H,3-8,12-13H2. The number of benzene rings is 2. The molecule has 3 heterocycles. The first-order valence-corrected chi connectivity index (χ1v) is 13.2. The van der Waals surface area contributed by atoms with Gasteiger partial charge in [0.1, 0.15) is 10.5 Å². The molecule has 1 aromatic heterocycles. The predicted octanol–water partition coefficient (Wildman–Crippen LogP) is 5.98. The van der Waals surface area contributed by atoms with Crippen LogP contribution in [0.2, 0.25) is 0 Å². The Labute approximate surface area is 221 Å². The summed E-state index contributed by atoms with van der Waals surface area (Å²) < 4.78 is 53.7. The third-order valence-electron chi connectivity index (χ3n) is 7.24. The summed E-state index contributed by atoms with van der Waals surface area (Å²) in [5.41, 5.74) is -1.81. The largest absolute Gasteiger partial charge is 0.416 e. The maximum Gasteiger partial charge on any atom is 0.416 e. The van der Waals surface area contributed by atoms with Gasteiger partial charge >= 0.3 is 6.18 Å². The van der Waals surface area contributed by atoms with Crippen molar-refractivity contribution < 1.29 is 22.5 Å². The van der Waals surface area contributed by atoms with Crippen LogP contribution in [-0.4, -0.2) is 41.0 Å². The van der Waals surface area contributed by atoms with Gasteiger partial charge in [-0.2, -0.15) is 18.2 Å². The molecule has 2 fully saturated rings. The third-order valence-corrected chi connectivity index (χ3v) is 9.14. The zero-order valence-electron chi connectivity index (χ0n) is 19.4. The van der Waals surface area contributed by atoms with Crippen LogP contribution < -0.4 is 10.5 Å². The van der Waals surface area contributed by atoms with Crippen molar-refractivity contribution >= 4 is 48.2 Å². The second-order valence-electron chi connectivity index (χ2n) is 9.61. The molecule has 0 aliphatic carbocycles.